The summed E-state index contributed by atoms with van der Waals surface area (Å²) in [5.74, 6) is 0.947. The molecule has 11 heteroatoms. The first kappa shape index (κ1) is 24.8. The van der Waals surface area contributed by atoms with Crippen LogP contribution in [0.3, 0.4) is 0 Å². The molecule has 1 amide bonds. The molecule has 1 N–H and O–H groups in total. The zero-order valence-electron chi connectivity index (χ0n) is 19.2. The van der Waals surface area contributed by atoms with E-state index in [2.05, 4.69) is 10.3 Å². The van der Waals surface area contributed by atoms with Gasteiger partial charge in [0.1, 0.15) is 16.7 Å². The van der Waals surface area contributed by atoms with Crippen molar-refractivity contribution in [1.82, 2.24) is 4.98 Å². The van der Waals surface area contributed by atoms with Crippen LogP contribution in [0.25, 0.3) is 10.1 Å². The van der Waals surface area contributed by atoms with E-state index >= 15 is 0 Å². The summed E-state index contributed by atoms with van der Waals surface area (Å²) in [6.45, 7) is 2.19. The van der Waals surface area contributed by atoms with Crippen LogP contribution in [0.4, 0.5) is 5.69 Å². The summed E-state index contributed by atoms with van der Waals surface area (Å²) < 4.78 is 36.8. The third kappa shape index (κ3) is 5.15. The van der Waals surface area contributed by atoms with E-state index in [9.17, 15) is 13.2 Å². The van der Waals surface area contributed by atoms with Gasteiger partial charge in [0.05, 0.1) is 16.7 Å². The number of thiophene rings is 1. The maximum atomic E-state index is 13.0. The van der Waals surface area contributed by atoms with E-state index in [0.29, 0.717) is 45.7 Å². The minimum absolute atomic E-state index is 0.154. The van der Waals surface area contributed by atoms with Gasteiger partial charge in [-0.1, -0.05) is 23.2 Å². The highest BCUT2D eigenvalue weighted by molar-refractivity contribution is 7.90. The molecule has 0 saturated carbocycles. The Hall–Kier alpha value is -2.85. The van der Waals surface area contributed by atoms with Crippen molar-refractivity contribution in [2.24, 2.45) is 0 Å². The largest absolute Gasteiger partial charge is 0.493 e. The first-order chi connectivity index (χ1) is 17.1. The van der Waals surface area contributed by atoms with E-state index in [-0.39, 0.29) is 16.9 Å². The van der Waals surface area contributed by atoms with Gasteiger partial charge >= 0.3 is 0 Å². The molecule has 0 radical (unpaired) electrons. The third-order valence-corrected chi connectivity index (χ3v) is 8.99. The monoisotopic (exact) mass is 562 g/mol. The standard InChI is InChI=1S/C25H20Cl2N2O5S2/c1-13-7-16(3-4-18(13)26)34-24-11-15(10-23(27)29-24)28-25(30)21-9-14-8-17-19(12-20(14)35-21)33-6-5-22(17)36(2,31)32/h3-4,7-12,22H,5-6H2,1-2H3,(H,28,29,30). The number of carbonyl (C=O) groups excluding carboxylic acids is 1. The highest BCUT2D eigenvalue weighted by atomic mass is 35.5. The lowest BCUT2D eigenvalue weighted by atomic mass is 10.0. The molecule has 1 atom stereocenters. The van der Waals surface area contributed by atoms with E-state index in [1.54, 1.807) is 42.5 Å². The van der Waals surface area contributed by atoms with Crippen LogP contribution in [0.2, 0.25) is 10.2 Å². The first-order valence-electron chi connectivity index (χ1n) is 10.9. The Bertz CT molecular complexity index is 1620. The fourth-order valence-electron chi connectivity index (χ4n) is 4.04. The quantitative estimate of drug-likeness (QED) is 0.268. The van der Waals surface area contributed by atoms with Gasteiger partial charge in [0.25, 0.3) is 5.91 Å². The van der Waals surface area contributed by atoms with E-state index in [4.69, 9.17) is 32.7 Å². The fourth-order valence-corrected chi connectivity index (χ4v) is 6.50. The molecular weight excluding hydrogens is 543 g/mol. The number of rotatable bonds is 5. The molecule has 7 nitrogen and oxygen atoms in total. The van der Waals surface area contributed by atoms with Crippen LogP contribution in [0.5, 0.6) is 17.4 Å². The predicted octanol–water partition coefficient (Wildman–Crippen LogP) is 6.82. The lowest BCUT2D eigenvalue weighted by Crippen LogP contribution is -2.20. The Balaban J connectivity index is 1.40. The van der Waals surface area contributed by atoms with Crippen LogP contribution in [0, 0.1) is 6.92 Å². The summed E-state index contributed by atoms with van der Waals surface area (Å²) in [4.78, 5) is 17.7. The average molecular weight is 563 g/mol. The van der Waals surface area contributed by atoms with Gasteiger partial charge in [-0.05, 0) is 60.3 Å². The molecule has 186 valence electrons. The predicted molar refractivity (Wildman–Crippen MR) is 143 cm³/mol. The summed E-state index contributed by atoms with van der Waals surface area (Å²) >= 11 is 13.5. The van der Waals surface area contributed by atoms with Crippen molar-refractivity contribution in [3.05, 3.63) is 74.7 Å². The second-order valence-electron chi connectivity index (χ2n) is 8.48. The molecule has 0 saturated heterocycles. The molecule has 5 rings (SSSR count). The second-order valence-corrected chi connectivity index (χ2v) is 12.6. The lowest BCUT2D eigenvalue weighted by molar-refractivity contribution is 0.103. The molecule has 3 heterocycles. The summed E-state index contributed by atoms with van der Waals surface area (Å²) in [5, 5.41) is 3.76. The zero-order valence-corrected chi connectivity index (χ0v) is 22.3. The van der Waals surface area contributed by atoms with E-state index < -0.39 is 15.1 Å². The molecule has 0 fully saturated rings. The average Bonchev–Trinajstić information content (AvgIpc) is 3.21. The fraction of sp³-hybridized carbons (Fsp3) is 0.200. The molecular formula is C25H20Cl2N2O5S2. The van der Waals surface area contributed by atoms with E-state index in [1.807, 2.05) is 6.92 Å². The van der Waals surface area contributed by atoms with Crippen molar-refractivity contribution in [2.75, 3.05) is 18.2 Å². The Morgan fingerprint density at radius 2 is 1.97 bits per heavy atom. The summed E-state index contributed by atoms with van der Waals surface area (Å²) in [5.41, 5.74) is 1.89. The SMILES string of the molecule is Cc1cc(Oc2cc(NC(=O)c3cc4cc5c(cc4s3)OCCC5S(C)(=O)=O)cc(Cl)n2)ccc1Cl. The maximum absolute atomic E-state index is 13.0. The Morgan fingerprint density at radius 1 is 1.17 bits per heavy atom. The van der Waals surface area contributed by atoms with E-state index in [1.165, 1.54) is 23.7 Å². The number of amides is 1. The maximum Gasteiger partial charge on any atom is 0.265 e. The Kier molecular flexibility index (Phi) is 6.59. The minimum atomic E-state index is -3.29. The number of sulfone groups is 1. The number of carbonyl (C=O) groups is 1. The summed E-state index contributed by atoms with van der Waals surface area (Å²) in [6, 6.07) is 13.6. The number of nitrogens with zero attached hydrogens (tertiary/aromatic N) is 1. The smallest absolute Gasteiger partial charge is 0.265 e. The Morgan fingerprint density at radius 3 is 2.72 bits per heavy atom. The molecule has 4 aromatic rings. The molecule has 0 spiro atoms. The number of benzene rings is 2. The van der Waals surface area contributed by atoms with Crippen molar-refractivity contribution in [3.63, 3.8) is 0 Å². The number of ether oxygens (including phenoxy) is 2. The molecule has 0 bridgehead atoms. The minimum Gasteiger partial charge on any atom is -0.493 e. The molecule has 1 unspecified atom stereocenters. The number of anilines is 1. The van der Waals surface area contributed by atoms with Gasteiger partial charge in [-0.15, -0.1) is 11.3 Å². The van der Waals surface area contributed by atoms with Crippen LogP contribution < -0.4 is 14.8 Å². The van der Waals surface area contributed by atoms with Crippen LogP contribution in [-0.4, -0.2) is 32.2 Å². The van der Waals surface area contributed by atoms with Crippen LogP contribution in [0.15, 0.2) is 48.5 Å². The van der Waals surface area contributed by atoms with Gasteiger partial charge < -0.3 is 14.8 Å². The number of halogens is 2. The van der Waals surface area contributed by atoms with Gasteiger partial charge in [-0.25, -0.2) is 13.4 Å². The van der Waals surface area contributed by atoms with Gasteiger partial charge in [0, 0.05) is 39.7 Å². The van der Waals surface area contributed by atoms with Crippen molar-refractivity contribution in [1.29, 1.82) is 0 Å². The highest BCUT2D eigenvalue weighted by Gasteiger charge is 2.30. The molecule has 2 aromatic carbocycles. The van der Waals surface area contributed by atoms with Gasteiger partial charge in [0.15, 0.2) is 9.84 Å². The van der Waals surface area contributed by atoms with E-state index in [0.717, 1.165) is 15.6 Å². The highest BCUT2D eigenvalue weighted by Crippen LogP contribution is 2.41. The van der Waals surface area contributed by atoms with Crippen LogP contribution >= 0.6 is 34.5 Å². The topological polar surface area (TPSA) is 94.6 Å². The number of aromatic nitrogens is 1. The van der Waals surface area contributed by atoms with Crippen molar-refractivity contribution >= 4 is 66.1 Å². The summed E-state index contributed by atoms with van der Waals surface area (Å²) in [6.07, 6.45) is 1.63. The van der Waals surface area contributed by atoms with Gasteiger partial charge in [-0.3, -0.25) is 4.79 Å². The van der Waals surface area contributed by atoms with Crippen molar-refractivity contribution in [2.45, 2.75) is 18.6 Å². The second kappa shape index (κ2) is 9.55. The molecule has 1 aliphatic heterocycles. The lowest BCUT2D eigenvalue weighted by Gasteiger charge is -2.24. The first-order valence-corrected chi connectivity index (χ1v) is 14.4. The number of nitrogens with one attached hydrogen (secondary N) is 1. The van der Waals surface area contributed by atoms with Crippen molar-refractivity contribution < 1.29 is 22.7 Å². The number of hydrogen-bond donors (Lipinski definition) is 1. The van der Waals surface area contributed by atoms with Crippen LogP contribution in [0.1, 0.15) is 32.5 Å². The molecule has 0 aliphatic carbocycles. The number of aryl methyl sites for hydroxylation is 1. The third-order valence-electron chi connectivity index (χ3n) is 5.75. The zero-order chi connectivity index (χ0) is 25.6. The normalized spacial score (nSPS) is 15.3. The van der Waals surface area contributed by atoms with Gasteiger partial charge in [0.2, 0.25) is 5.88 Å². The summed E-state index contributed by atoms with van der Waals surface area (Å²) in [7, 11) is -3.29. The Labute approximate surface area is 221 Å². The number of pyridine rings is 1. The molecule has 2 aromatic heterocycles. The van der Waals surface area contributed by atoms with Crippen molar-refractivity contribution in [3.8, 4) is 17.4 Å². The van der Waals surface area contributed by atoms with Crippen LogP contribution in [-0.2, 0) is 9.84 Å². The number of hydrogen-bond acceptors (Lipinski definition) is 7. The number of fused-ring (bicyclic) bond motifs is 2. The molecule has 36 heavy (non-hydrogen) atoms. The van der Waals surface area contributed by atoms with Gasteiger partial charge in [-0.2, -0.15) is 0 Å². The molecule has 1 aliphatic rings.